The molecule has 0 unspecified atom stereocenters. The quantitative estimate of drug-likeness (QED) is 0.730. The maximum atomic E-state index is 13.1. The van der Waals surface area contributed by atoms with Gasteiger partial charge in [0.25, 0.3) is 5.91 Å². The summed E-state index contributed by atoms with van der Waals surface area (Å²) >= 11 is 0. The van der Waals surface area contributed by atoms with Crippen LogP contribution in [0.4, 0.5) is 4.79 Å². The van der Waals surface area contributed by atoms with Crippen LogP contribution in [0.3, 0.4) is 0 Å². The van der Waals surface area contributed by atoms with Crippen molar-refractivity contribution in [2.24, 2.45) is 5.92 Å². The lowest BCUT2D eigenvalue weighted by atomic mass is 9.73. The second-order valence-electron chi connectivity index (χ2n) is 8.76. The second kappa shape index (κ2) is 7.94. The molecule has 1 N–H and O–H groups in total. The van der Waals surface area contributed by atoms with Crippen molar-refractivity contribution in [1.82, 2.24) is 19.4 Å². The number of imide groups is 1. The molecule has 0 aromatic heterocycles. The number of carbonyl (C=O) groups is 2. The van der Waals surface area contributed by atoms with E-state index in [1.807, 2.05) is 18.7 Å². The van der Waals surface area contributed by atoms with Gasteiger partial charge in [-0.3, -0.25) is 9.69 Å². The summed E-state index contributed by atoms with van der Waals surface area (Å²) < 4.78 is 27.2. The van der Waals surface area contributed by atoms with Crippen molar-refractivity contribution in [2.45, 2.75) is 50.0 Å². The van der Waals surface area contributed by atoms with Gasteiger partial charge in [-0.25, -0.2) is 18.1 Å². The first kappa shape index (κ1) is 21.3. The normalized spacial score (nSPS) is 28.9. The Morgan fingerprint density at radius 3 is 2.37 bits per heavy atom. The third-order valence-electron chi connectivity index (χ3n) is 6.83. The zero-order chi connectivity index (χ0) is 21.5. The molecule has 1 aromatic rings. The third kappa shape index (κ3) is 3.63. The monoisotopic (exact) mass is 434 g/mol. The van der Waals surface area contributed by atoms with Gasteiger partial charge >= 0.3 is 6.03 Å². The van der Waals surface area contributed by atoms with E-state index >= 15 is 0 Å². The first-order valence-electron chi connectivity index (χ1n) is 10.7. The molecular weight excluding hydrogens is 404 g/mol. The van der Waals surface area contributed by atoms with Gasteiger partial charge < -0.3 is 5.32 Å². The van der Waals surface area contributed by atoms with Crippen molar-refractivity contribution in [2.75, 3.05) is 32.8 Å². The molecule has 1 aromatic carbocycles. The predicted octanol–water partition coefficient (Wildman–Crippen LogP) is 1.76. The fraction of sp³-hybridized carbons (Fsp3) is 0.619. The number of amides is 3. The molecule has 2 heterocycles. The minimum absolute atomic E-state index is 0.129. The van der Waals surface area contributed by atoms with Crippen LogP contribution in [-0.4, -0.2) is 72.8 Å². The van der Waals surface area contributed by atoms with Crippen molar-refractivity contribution in [3.63, 3.8) is 0 Å². The van der Waals surface area contributed by atoms with Gasteiger partial charge in [-0.1, -0.05) is 37.5 Å². The maximum absolute atomic E-state index is 13.1. The summed E-state index contributed by atoms with van der Waals surface area (Å²) in [6, 6.07) is 6.53. The van der Waals surface area contributed by atoms with Crippen LogP contribution >= 0.6 is 0 Å². The summed E-state index contributed by atoms with van der Waals surface area (Å²) in [6.07, 6.45) is 3.66. The van der Waals surface area contributed by atoms with Crippen LogP contribution in [0.5, 0.6) is 0 Å². The summed E-state index contributed by atoms with van der Waals surface area (Å²) in [5, 5.41) is 2.97. The number of hydrogen-bond acceptors (Lipinski definition) is 5. The Morgan fingerprint density at radius 1 is 1.07 bits per heavy atom. The fourth-order valence-corrected chi connectivity index (χ4v) is 6.22. The van der Waals surface area contributed by atoms with Gasteiger partial charge in [0.15, 0.2) is 0 Å². The van der Waals surface area contributed by atoms with E-state index in [2.05, 4.69) is 5.32 Å². The topological polar surface area (TPSA) is 90.0 Å². The van der Waals surface area contributed by atoms with Gasteiger partial charge in [0.1, 0.15) is 5.54 Å². The Bertz CT molecular complexity index is 925. The summed E-state index contributed by atoms with van der Waals surface area (Å²) in [6.45, 7) is 5.79. The Labute approximate surface area is 178 Å². The molecule has 1 saturated carbocycles. The number of aryl methyl sites for hydroxylation is 1. The highest BCUT2D eigenvalue weighted by atomic mass is 32.2. The maximum Gasteiger partial charge on any atom is 0.326 e. The van der Waals surface area contributed by atoms with Crippen LogP contribution in [0, 0.1) is 12.8 Å². The van der Waals surface area contributed by atoms with E-state index in [1.165, 1.54) is 9.21 Å². The standard InChI is InChI=1S/C21H30N4O4S/c1-16-6-8-18(9-7-16)30(28,29)24-13-11-23(12-14-24)15-25-19(26)21(22-20(25)27)10-4-3-5-17(21)2/h6-9,17H,3-5,10-15H2,1-2H3,(H,22,27)/t17-,21+/m0/s1. The van der Waals surface area contributed by atoms with Crippen LogP contribution in [0.2, 0.25) is 0 Å². The van der Waals surface area contributed by atoms with Crippen molar-refractivity contribution >= 4 is 22.0 Å². The van der Waals surface area contributed by atoms with E-state index in [1.54, 1.807) is 24.3 Å². The van der Waals surface area contributed by atoms with Crippen LogP contribution < -0.4 is 5.32 Å². The minimum Gasteiger partial charge on any atom is -0.323 e. The van der Waals surface area contributed by atoms with E-state index in [9.17, 15) is 18.0 Å². The van der Waals surface area contributed by atoms with Crippen molar-refractivity contribution in [1.29, 1.82) is 0 Å². The van der Waals surface area contributed by atoms with Gasteiger partial charge in [-0.15, -0.1) is 0 Å². The number of piperazine rings is 1. The summed E-state index contributed by atoms with van der Waals surface area (Å²) in [7, 11) is -3.53. The van der Waals surface area contributed by atoms with E-state index in [0.29, 0.717) is 37.5 Å². The van der Waals surface area contributed by atoms with Gasteiger partial charge in [0, 0.05) is 26.2 Å². The van der Waals surface area contributed by atoms with Gasteiger partial charge in [0.2, 0.25) is 10.0 Å². The molecule has 0 bridgehead atoms. The SMILES string of the molecule is Cc1ccc(S(=O)(=O)N2CCN(CN3C(=O)N[C@@]4(CCCC[C@@H]4C)C3=O)CC2)cc1. The van der Waals surface area contributed by atoms with Gasteiger partial charge in [-0.2, -0.15) is 4.31 Å². The number of nitrogens with zero attached hydrogens (tertiary/aromatic N) is 3. The molecule has 2 aliphatic heterocycles. The summed E-state index contributed by atoms with van der Waals surface area (Å²) in [4.78, 5) is 29.3. The van der Waals surface area contributed by atoms with E-state index in [4.69, 9.17) is 0 Å². The number of rotatable bonds is 4. The predicted molar refractivity (Wildman–Crippen MR) is 112 cm³/mol. The lowest BCUT2D eigenvalue weighted by Gasteiger charge is -2.38. The average molecular weight is 435 g/mol. The second-order valence-corrected chi connectivity index (χ2v) is 10.7. The zero-order valence-corrected chi connectivity index (χ0v) is 18.5. The molecule has 0 radical (unpaired) electrons. The minimum atomic E-state index is -3.53. The smallest absolute Gasteiger partial charge is 0.323 e. The number of carbonyl (C=O) groups excluding carboxylic acids is 2. The first-order chi connectivity index (χ1) is 14.2. The first-order valence-corrected chi connectivity index (χ1v) is 12.1. The molecule has 1 aliphatic carbocycles. The molecule has 3 fully saturated rings. The van der Waals surface area contributed by atoms with E-state index < -0.39 is 15.6 Å². The number of benzene rings is 1. The zero-order valence-electron chi connectivity index (χ0n) is 17.6. The number of hydrogen-bond donors (Lipinski definition) is 1. The van der Waals surface area contributed by atoms with Crippen molar-refractivity contribution < 1.29 is 18.0 Å². The Morgan fingerprint density at radius 2 is 1.73 bits per heavy atom. The lowest BCUT2D eigenvalue weighted by molar-refractivity contribution is -0.135. The Balaban J connectivity index is 1.39. The molecule has 4 rings (SSSR count). The molecular formula is C21H30N4O4S. The molecule has 3 amide bonds. The van der Waals surface area contributed by atoms with Crippen LogP contribution in [0.1, 0.15) is 38.2 Å². The lowest BCUT2D eigenvalue weighted by Crippen LogP contribution is -2.55. The number of nitrogens with one attached hydrogen (secondary N) is 1. The van der Waals surface area contributed by atoms with Crippen molar-refractivity contribution in [3.8, 4) is 0 Å². The largest absolute Gasteiger partial charge is 0.326 e. The van der Waals surface area contributed by atoms with Crippen LogP contribution in [0.15, 0.2) is 29.2 Å². The van der Waals surface area contributed by atoms with E-state index in [0.717, 1.165) is 24.8 Å². The Hall–Kier alpha value is -1.97. The van der Waals surface area contributed by atoms with Crippen LogP contribution in [-0.2, 0) is 14.8 Å². The molecule has 3 aliphatic rings. The molecule has 1 spiro atoms. The molecule has 164 valence electrons. The highest BCUT2D eigenvalue weighted by Crippen LogP contribution is 2.38. The molecule has 8 nitrogen and oxygen atoms in total. The van der Waals surface area contributed by atoms with E-state index in [-0.39, 0.29) is 24.5 Å². The van der Waals surface area contributed by atoms with Gasteiger partial charge in [0.05, 0.1) is 11.6 Å². The molecule has 9 heteroatoms. The summed E-state index contributed by atoms with van der Waals surface area (Å²) in [5.41, 5.74) is 0.253. The fourth-order valence-electron chi connectivity index (χ4n) is 4.79. The molecule has 2 atom stereocenters. The average Bonchev–Trinajstić information content (AvgIpc) is 2.96. The Kier molecular flexibility index (Phi) is 5.63. The third-order valence-corrected chi connectivity index (χ3v) is 8.75. The summed E-state index contributed by atoms with van der Waals surface area (Å²) in [5.74, 6) is -0.00129. The number of urea groups is 1. The van der Waals surface area contributed by atoms with Gasteiger partial charge in [-0.05, 0) is 37.8 Å². The molecule has 30 heavy (non-hydrogen) atoms. The molecule has 2 saturated heterocycles. The highest BCUT2D eigenvalue weighted by molar-refractivity contribution is 7.89. The van der Waals surface area contributed by atoms with Crippen LogP contribution in [0.25, 0.3) is 0 Å². The highest BCUT2D eigenvalue weighted by Gasteiger charge is 2.55. The number of sulfonamides is 1. The van der Waals surface area contributed by atoms with Crippen molar-refractivity contribution in [3.05, 3.63) is 29.8 Å².